The number of methoxy groups -OCH3 is 1. The van der Waals surface area contributed by atoms with E-state index in [1.165, 1.54) is 7.11 Å². The number of carbonyl (C=O) groups is 1. The summed E-state index contributed by atoms with van der Waals surface area (Å²) in [4.78, 5) is 11.5. The van der Waals surface area contributed by atoms with Crippen LogP contribution in [0.3, 0.4) is 0 Å². The van der Waals surface area contributed by atoms with Crippen molar-refractivity contribution in [2.45, 2.75) is 25.7 Å². The Bertz CT molecular complexity index is 559. The van der Waals surface area contributed by atoms with E-state index in [2.05, 4.69) is 10.8 Å². The lowest BCUT2D eigenvalue weighted by Crippen LogP contribution is -2.10. The lowest BCUT2D eigenvalue weighted by atomic mass is 9.91. The number of halogens is 1. The van der Waals surface area contributed by atoms with Crippen molar-refractivity contribution in [2.24, 2.45) is 5.41 Å². The second-order valence-corrected chi connectivity index (χ2v) is 5.03. The van der Waals surface area contributed by atoms with Crippen molar-refractivity contribution in [3.8, 4) is 6.07 Å². The minimum Gasteiger partial charge on any atom is -0.465 e. The highest BCUT2D eigenvalue weighted by Gasteiger charge is 2.42. The maximum absolute atomic E-state index is 13.7. The zero-order valence-electron chi connectivity index (χ0n) is 10.7. The first-order valence-corrected chi connectivity index (χ1v) is 6.04. The standard InChI is InChI=1S/C14H15FN2O2/c1-19-13(18)9-6-10(12(17)11(15)7-9)8-14(2-3-14)4-5-16/h6-7H,2-4,8,17H2,1H3. The molecule has 2 N–H and O–H groups in total. The molecule has 1 aromatic rings. The molecular formula is C14H15FN2O2. The normalized spacial score (nSPS) is 15.6. The van der Waals surface area contributed by atoms with Gasteiger partial charge in [0.05, 0.1) is 24.4 Å². The minimum atomic E-state index is -0.620. The van der Waals surface area contributed by atoms with Crippen molar-refractivity contribution < 1.29 is 13.9 Å². The fraction of sp³-hybridized carbons (Fsp3) is 0.429. The molecule has 4 nitrogen and oxygen atoms in total. The highest BCUT2D eigenvalue weighted by atomic mass is 19.1. The smallest absolute Gasteiger partial charge is 0.337 e. The molecule has 1 aromatic carbocycles. The molecule has 0 amide bonds. The molecular weight excluding hydrogens is 247 g/mol. The van der Waals surface area contributed by atoms with E-state index in [1.807, 2.05) is 0 Å². The summed E-state index contributed by atoms with van der Waals surface area (Å²) in [6.07, 6.45) is 2.82. The molecule has 100 valence electrons. The lowest BCUT2D eigenvalue weighted by molar-refractivity contribution is 0.0600. The average molecular weight is 262 g/mol. The molecule has 19 heavy (non-hydrogen) atoms. The van der Waals surface area contributed by atoms with Crippen molar-refractivity contribution in [1.82, 2.24) is 0 Å². The quantitative estimate of drug-likeness (QED) is 0.668. The van der Waals surface area contributed by atoms with Gasteiger partial charge in [-0.05, 0) is 42.4 Å². The fourth-order valence-corrected chi connectivity index (χ4v) is 2.22. The molecule has 1 saturated carbocycles. The van der Waals surface area contributed by atoms with Gasteiger partial charge in [-0.3, -0.25) is 0 Å². The van der Waals surface area contributed by atoms with Gasteiger partial charge >= 0.3 is 5.97 Å². The van der Waals surface area contributed by atoms with Crippen molar-refractivity contribution >= 4 is 11.7 Å². The van der Waals surface area contributed by atoms with Crippen LogP contribution in [0.5, 0.6) is 0 Å². The van der Waals surface area contributed by atoms with Crippen LogP contribution in [0.15, 0.2) is 12.1 Å². The highest BCUT2D eigenvalue weighted by molar-refractivity contribution is 5.90. The summed E-state index contributed by atoms with van der Waals surface area (Å²) in [5, 5.41) is 8.80. The van der Waals surface area contributed by atoms with Crippen LogP contribution in [-0.2, 0) is 11.2 Å². The summed E-state index contributed by atoms with van der Waals surface area (Å²) in [5.74, 6) is -1.21. The summed E-state index contributed by atoms with van der Waals surface area (Å²) in [6.45, 7) is 0. The number of esters is 1. The van der Waals surface area contributed by atoms with Gasteiger partial charge < -0.3 is 10.5 Å². The maximum atomic E-state index is 13.7. The third kappa shape index (κ3) is 2.68. The van der Waals surface area contributed by atoms with Crippen molar-refractivity contribution in [1.29, 1.82) is 5.26 Å². The second-order valence-electron chi connectivity index (χ2n) is 5.03. The van der Waals surface area contributed by atoms with Crippen LogP contribution in [0.25, 0.3) is 0 Å². The molecule has 0 saturated heterocycles. The van der Waals surface area contributed by atoms with E-state index in [4.69, 9.17) is 11.0 Å². The second kappa shape index (κ2) is 4.88. The molecule has 0 atom stereocenters. The molecule has 1 aliphatic carbocycles. The van der Waals surface area contributed by atoms with Gasteiger partial charge in [0.15, 0.2) is 0 Å². The molecule has 0 radical (unpaired) electrons. The summed E-state index contributed by atoms with van der Waals surface area (Å²) in [7, 11) is 1.24. The van der Waals surface area contributed by atoms with Crippen LogP contribution >= 0.6 is 0 Å². The van der Waals surface area contributed by atoms with E-state index in [9.17, 15) is 9.18 Å². The van der Waals surface area contributed by atoms with Gasteiger partial charge in [-0.1, -0.05) is 0 Å². The Morgan fingerprint density at radius 3 is 2.79 bits per heavy atom. The number of hydrogen-bond donors (Lipinski definition) is 1. The van der Waals surface area contributed by atoms with Crippen molar-refractivity contribution in [2.75, 3.05) is 12.8 Å². The number of nitriles is 1. The zero-order chi connectivity index (χ0) is 14.0. The van der Waals surface area contributed by atoms with Gasteiger partial charge in [0.1, 0.15) is 5.82 Å². The van der Waals surface area contributed by atoms with Gasteiger partial charge in [0.2, 0.25) is 0 Å². The first kappa shape index (κ1) is 13.3. The van der Waals surface area contributed by atoms with E-state index < -0.39 is 11.8 Å². The summed E-state index contributed by atoms with van der Waals surface area (Å²) < 4.78 is 18.3. The summed E-state index contributed by atoms with van der Waals surface area (Å²) >= 11 is 0. The monoisotopic (exact) mass is 262 g/mol. The first-order chi connectivity index (χ1) is 9.01. The van der Waals surface area contributed by atoms with Crippen LogP contribution in [0.1, 0.15) is 35.2 Å². The summed E-state index contributed by atoms with van der Waals surface area (Å²) in [6, 6.07) is 4.78. The number of nitrogens with two attached hydrogens (primary N) is 1. The predicted molar refractivity (Wildman–Crippen MR) is 67.8 cm³/mol. The molecule has 0 aliphatic heterocycles. The van der Waals surface area contributed by atoms with E-state index in [-0.39, 0.29) is 16.7 Å². The van der Waals surface area contributed by atoms with E-state index >= 15 is 0 Å². The number of anilines is 1. The van der Waals surface area contributed by atoms with Gasteiger partial charge in [0.25, 0.3) is 0 Å². The maximum Gasteiger partial charge on any atom is 0.337 e. The van der Waals surface area contributed by atoms with Gasteiger partial charge in [-0.15, -0.1) is 0 Å². The molecule has 0 aromatic heterocycles. The lowest BCUT2D eigenvalue weighted by Gasteiger charge is -2.14. The minimum absolute atomic E-state index is 0.0527. The number of rotatable bonds is 4. The third-order valence-electron chi connectivity index (χ3n) is 3.61. The van der Waals surface area contributed by atoms with E-state index in [0.717, 1.165) is 18.9 Å². The Hall–Kier alpha value is -2.09. The Kier molecular flexibility index (Phi) is 3.43. The van der Waals surface area contributed by atoms with Crippen molar-refractivity contribution in [3.05, 3.63) is 29.1 Å². The van der Waals surface area contributed by atoms with Crippen LogP contribution in [0, 0.1) is 22.6 Å². The van der Waals surface area contributed by atoms with E-state index in [1.54, 1.807) is 6.07 Å². The number of ether oxygens (including phenoxy) is 1. The fourth-order valence-electron chi connectivity index (χ4n) is 2.22. The van der Waals surface area contributed by atoms with Crippen LogP contribution in [0.4, 0.5) is 10.1 Å². The summed E-state index contributed by atoms with van der Waals surface area (Å²) in [5.41, 5.74) is 6.40. The SMILES string of the molecule is COC(=O)c1cc(F)c(N)c(CC2(CC#N)CC2)c1. The Morgan fingerprint density at radius 2 is 2.26 bits per heavy atom. The average Bonchev–Trinajstić information content (AvgIpc) is 3.14. The Labute approximate surface area is 111 Å². The molecule has 0 bridgehead atoms. The number of carbonyl (C=O) groups excluding carboxylic acids is 1. The van der Waals surface area contributed by atoms with E-state index in [0.29, 0.717) is 18.4 Å². The predicted octanol–water partition coefficient (Wildman–Crippen LogP) is 2.43. The van der Waals surface area contributed by atoms with Crippen LogP contribution in [-0.4, -0.2) is 13.1 Å². The first-order valence-electron chi connectivity index (χ1n) is 6.04. The van der Waals surface area contributed by atoms with Gasteiger partial charge in [0, 0.05) is 6.42 Å². The van der Waals surface area contributed by atoms with Gasteiger partial charge in [-0.2, -0.15) is 5.26 Å². The topological polar surface area (TPSA) is 76.1 Å². The Balaban J connectivity index is 2.32. The molecule has 1 fully saturated rings. The molecule has 0 heterocycles. The Morgan fingerprint density at radius 1 is 1.58 bits per heavy atom. The van der Waals surface area contributed by atoms with Crippen LogP contribution in [0.2, 0.25) is 0 Å². The highest BCUT2D eigenvalue weighted by Crippen LogP contribution is 2.51. The molecule has 1 aliphatic rings. The third-order valence-corrected chi connectivity index (χ3v) is 3.61. The number of benzene rings is 1. The largest absolute Gasteiger partial charge is 0.465 e. The van der Waals surface area contributed by atoms with Crippen LogP contribution < -0.4 is 5.73 Å². The number of nitrogen functional groups attached to an aromatic ring is 1. The molecule has 0 spiro atoms. The molecule has 0 unspecified atom stereocenters. The van der Waals surface area contributed by atoms with Gasteiger partial charge in [-0.25, -0.2) is 9.18 Å². The number of nitrogens with zero attached hydrogens (tertiary/aromatic N) is 1. The molecule has 2 rings (SSSR count). The van der Waals surface area contributed by atoms with Crippen molar-refractivity contribution in [3.63, 3.8) is 0 Å². The zero-order valence-corrected chi connectivity index (χ0v) is 10.7. The number of hydrogen-bond acceptors (Lipinski definition) is 4. The molecule has 5 heteroatoms.